The number of hydrogen-bond donors (Lipinski definition) is 8. The summed E-state index contributed by atoms with van der Waals surface area (Å²) < 4.78 is 0.0504. The number of benzene rings is 1. The van der Waals surface area contributed by atoms with E-state index in [9.17, 15) is 40.5 Å². The van der Waals surface area contributed by atoms with E-state index in [1.54, 1.807) is 0 Å². The molecule has 2 atom stereocenters. The number of nitrogens with zero attached hydrogens (tertiary/aromatic N) is 3. The number of fused-ring (bicyclic) bond motifs is 3. The monoisotopic (exact) mass is 424 g/mol. The average molecular weight is 424 g/mol. The van der Waals surface area contributed by atoms with Crippen LogP contribution in [-0.4, -0.2) is 81.5 Å². The first-order valence-electron chi connectivity index (χ1n) is 9.59. The summed E-state index contributed by atoms with van der Waals surface area (Å²) >= 11 is 0. The van der Waals surface area contributed by atoms with Crippen LogP contribution >= 0.6 is 0 Å². The summed E-state index contributed by atoms with van der Waals surface area (Å²) in [5.41, 5.74) is -1.32. The second kappa shape index (κ2) is 6.87. The molecule has 164 valence electrons. The lowest BCUT2D eigenvalue weighted by Crippen LogP contribution is -2.55. The van der Waals surface area contributed by atoms with Crippen LogP contribution in [0.5, 0.6) is 23.0 Å². The van der Waals surface area contributed by atoms with Crippen molar-refractivity contribution in [1.29, 1.82) is 0 Å². The molecule has 4 rings (SSSR count). The fourth-order valence-corrected chi connectivity index (χ4v) is 4.68. The molecule has 30 heavy (non-hydrogen) atoms. The zero-order chi connectivity index (χ0) is 22.0. The standard InChI is InChI=1S/C18H24N4O8/c1-21-8-3-2-4-9(21)6-7(5-8)19-17(27)11-10-12(22(20-11)18(28,29)30)14(24)16(26)15(25)13(10)23/h7-9,23-26,28-30H,2-6H2,1H3,(H,19,27). The molecule has 2 fully saturated rings. The minimum atomic E-state index is -3.66. The largest absolute Gasteiger partial charge is 0.504 e. The molecule has 1 aromatic carbocycles. The van der Waals surface area contributed by atoms with Gasteiger partial charge in [0.2, 0.25) is 11.5 Å². The van der Waals surface area contributed by atoms with E-state index in [2.05, 4.69) is 22.4 Å². The van der Waals surface area contributed by atoms with E-state index in [0.717, 1.165) is 19.3 Å². The van der Waals surface area contributed by atoms with Gasteiger partial charge in [-0.2, -0.15) is 9.78 Å². The van der Waals surface area contributed by atoms with Crippen molar-refractivity contribution in [3.8, 4) is 23.0 Å². The summed E-state index contributed by atoms with van der Waals surface area (Å²) in [7, 11) is 2.06. The molecule has 12 heteroatoms. The molecule has 2 aliphatic rings. The van der Waals surface area contributed by atoms with E-state index < -0.39 is 51.6 Å². The predicted octanol–water partition coefficient (Wildman–Crippen LogP) is -0.851. The molecule has 2 aliphatic heterocycles. The Hall–Kier alpha value is -2.80. The maximum Gasteiger partial charge on any atom is 0.389 e. The highest BCUT2D eigenvalue weighted by atomic mass is 16.7. The zero-order valence-corrected chi connectivity index (χ0v) is 16.1. The molecule has 2 bridgehead atoms. The first-order chi connectivity index (χ1) is 14.0. The third-order valence-corrected chi connectivity index (χ3v) is 6.19. The Morgan fingerprint density at radius 2 is 1.57 bits per heavy atom. The molecule has 0 radical (unpaired) electrons. The van der Waals surface area contributed by atoms with Gasteiger partial charge in [-0.15, -0.1) is 0 Å². The van der Waals surface area contributed by atoms with Crippen molar-refractivity contribution in [3.63, 3.8) is 0 Å². The fourth-order valence-electron chi connectivity index (χ4n) is 4.68. The Kier molecular flexibility index (Phi) is 4.69. The SMILES string of the molecule is CN1C2CCCC1CC(NC(=O)c1nn(C(O)(O)O)c3c(O)c(O)c(O)c(O)c13)C2. The van der Waals surface area contributed by atoms with Gasteiger partial charge in [0, 0.05) is 18.1 Å². The zero-order valence-electron chi connectivity index (χ0n) is 16.1. The van der Waals surface area contributed by atoms with Gasteiger partial charge in [-0.1, -0.05) is 6.42 Å². The Bertz CT molecular complexity index is 1000. The minimum Gasteiger partial charge on any atom is -0.504 e. The first-order valence-corrected chi connectivity index (χ1v) is 9.59. The van der Waals surface area contributed by atoms with Gasteiger partial charge in [-0.25, -0.2) is 0 Å². The van der Waals surface area contributed by atoms with Crippen molar-refractivity contribution >= 4 is 16.8 Å². The number of nitrogens with one attached hydrogen (secondary N) is 1. The van der Waals surface area contributed by atoms with Crippen LogP contribution < -0.4 is 5.32 Å². The molecule has 1 aromatic heterocycles. The lowest BCUT2D eigenvalue weighted by Gasteiger charge is -2.47. The molecular weight excluding hydrogens is 400 g/mol. The van der Waals surface area contributed by atoms with E-state index in [-0.39, 0.29) is 10.7 Å². The van der Waals surface area contributed by atoms with Crippen molar-refractivity contribution in [3.05, 3.63) is 5.69 Å². The molecule has 0 spiro atoms. The molecule has 2 saturated heterocycles. The van der Waals surface area contributed by atoms with E-state index >= 15 is 0 Å². The van der Waals surface area contributed by atoms with Crippen LogP contribution in [0.25, 0.3) is 10.9 Å². The van der Waals surface area contributed by atoms with E-state index in [1.165, 1.54) is 0 Å². The third kappa shape index (κ3) is 3.08. The summed E-state index contributed by atoms with van der Waals surface area (Å²) in [6, 6.07) is 0.429. The van der Waals surface area contributed by atoms with Crippen LogP contribution in [0.2, 0.25) is 0 Å². The lowest BCUT2D eigenvalue weighted by molar-refractivity contribution is -0.378. The predicted molar refractivity (Wildman–Crippen MR) is 101 cm³/mol. The average Bonchev–Trinajstić information content (AvgIpc) is 3.07. The highest BCUT2D eigenvalue weighted by Crippen LogP contribution is 2.50. The van der Waals surface area contributed by atoms with Crippen molar-refractivity contribution in [1.82, 2.24) is 20.0 Å². The minimum absolute atomic E-state index is 0.0504. The number of phenols is 4. The molecule has 8 N–H and O–H groups in total. The number of aliphatic hydroxyl groups is 3. The second-order valence-electron chi connectivity index (χ2n) is 8.02. The van der Waals surface area contributed by atoms with Crippen LogP contribution in [0.4, 0.5) is 0 Å². The van der Waals surface area contributed by atoms with Gasteiger partial charge in [-0.05, 0) is 32.7 Å². The van der Waals surface area contributed by atoms with Crippen LogP contribution in [-0.2, 0) is 6.10 Å². The van der Waals surface area contributed by atoms with Crippen LogP contribution in [0, 0.1) is 0 Å². The molecule has 0 aliphatic carbocycles. The molecule has 2 unspecified atom stereocenters. The number of carbonyl (C=O) groups is 1. The Labute approximate surface area is 170 Å². The smallest absolute Gasteiger partial charge is 0.389 e. The van der Waals surface area contributed by atoms with Crippen LogP contribution in [0.15, 0.2) is 0 Å². The third-order valence-electron chi connectivity index (χ3n) is 6.19. The summed E-state index contributed by atoms with van der Waals surface area (Å²) in [5, 5.41) is 74.5. The number of amides is 1. The first kappa shape index (κ1) is 20.5. The quantitative estimate of drug-likeness (QED) is 0.175. The van der Waals surface area contributed by atoms with E-state index in [4.69, 9.17) is 0 Å². The van der Waals surface area contributed by atoms with Gasteiger partial charge in [0.05, 0.1) is 5.39 Å². The topological polar surface area (TPSA) is 192 Å². The molecular formula is C18H24N4O8. The second-order valence-corrected chi connectivity index (χ2v) is 8.02. The fraction of sp³-hybridized carbons (Fsp3) is 0.556. The number of aromatic nitrogens is 2. The highest BCUT2D eigenvalue weighted by Gasteiger charge is 2.39. The van der Waals surface area contributed by atoms with Crippen LogP contribution in [0.3, 0.4) is 0 Å². The van der Waals surface area contributed by atoms with Gasteiger partial charge >= 0.3 is 6.10 Å². The number of rotatable bonds is 3. The van der Waals surface area contributed by atoms with Crippen molar-refractivity contribution in [2.75, 3.05) is 7.05 Å². The molecule has 12 nitrogen and oxygen atoms in total. The number of hydrogen-bond acceptors (Lipinski definition) is 10. The summed E-state index contributed by atoms with van der Waals surface area (Å²) in [4.78, 5) is 15.2. The number of aromatic hydroxyl groups is 4. The summed E-state index contributed by atoms with van der Waals surface area (Å²) in [6.07, 6.45) is 0.891. The van der Waals surface area contributed by atoms with Crippen molar-refractivity contribution < 1.29 is 40.5 Å². The highest BCUT2D eigenvalue weighted by molar-refractivity contribution is 6.10. The number of carbonyl (C=O) groups excluding carboxylic acids is 1. The maximum atomic E-state index is 12.9. The summed E-state index contributed by atoms with van der Waals surface area (Å²) in [6.45, 7) is 0. The molecule has 0 saturated carbocycles. The van der Waals surface area contributed by atoms with Crippen molar-refractivity contribution in [2.45, 2.75) is 56.3 Å². The normalized spacial score (nSPS) is 24.9. The Morgan fingerprint density at radius 3 is 2.13 bits per heavy atom. The van der Waals surface area contributed by atoms with E-state index in [1.807, 2.05) is 0 Å². The number of phenolic OH excluding ortho intramolecular Hbond substituents is 4. The Balaban J connectivity index is 1.74. The summed E-state index contributed by atoms with van der Waals surface area (Å²) in [5.74, 6) is -5.24. The van der Waals surface area contributed by atoms with Gasteiger partial charge in [0.15, 0.2) is 17.2 Å². The van der Waals surface area contributed by atoms with Crippen LogP contribution in [0.1, 0.15) is 42.6 Å². The Morgan fingerprint density at radius 1 is 1.00 bits per heavy atom. The number of piperidine rings is 2. The lowest BCUT2D eigenvalue weighted by atomic mass is 9.82. The van der Waals surface area contributed by atoms with Gasteiger partial charge < -0.3 is 46.0 Å². The van der Waals surface area contributed by atoms with E-state index in [0.29, 0.717) is 24.9 Å². The molecule has 1 amide bonds. The molecule has 3 heterocycles. The van der Waals surface area contributed by atoms with Gasteiger partial charge in [0.1, 0.15) is 5.52 Å². The van der Waals surface area contributed by atoms with Crippen molar-refractivity contribution in [2.24, 2.45) is 0 Å². The van der Waals surface area contributed by atoms with Gasteiger partial charge in [0.25, 0.3) is 5.91 Å². The van der Waals surface area contributed by atoms with Gasteiger partial charge in [-0.3, -0.25) is 4.79 Å². The maximum absolute atomic E-state index is 12.9. The molecule has 2 aromatic rings.